The average molecular weight is 295 g/mol. The minimum Gasteiger partial charge on any atom is -0.376 e. The lowest BCUT2D eigenvalue weighted by Gasteiger charge is -2.17. The normalized spacial score (nSPS) is 22.1. The van der Waals surface area contributed by atoms with Crippen molar-refractivity contribution >= 4 is 23.3 Å². The summed E-state index contributed by atoms with van der Waals surface area (Å²) < 4.78 is 5.83. The smallest absolute Gasteiger partial charge is 0.321 e. The highest BCUT2D eigenvalue weighted by atomic mass is 35.5. The first-order valence-electron chi connectivity index (χ1n) is 7.14. The monoisotopic (exact) mass is 294 g/mol. The Kier molecular flexibility index (Phi) is 4.13. The van der Waals surface area contributed by atoms with Crippen LogP contribution in [0.2, 0.25) is 5.02 Å². The van der Waals surface area contributed by atoms with E-state index in [-0.39, 0.29) is 12.1 Å². The third-order valence-electron chi connectivity index (χ3n) is 3.77. The Labute approximate surface area is 124 Å². The zero-order valence-electron chi connectivity index (χ0n) is 11.3. The molecular formula is C15H19ClN2O2. The maximum Gasteiger partial charge on any atom is 0.321 e. The van der Waals surface area contributed by atoms with Crippen molar-refractivity contribution in [2.45, 2.75) is 25.4 Å². The van der Waals surface area contributed by atoms with Gasteiger partial charge in [-0.05, 0) is 43.4 Å². The number of carbonyl (C=O) groups excluding carboxylic acids is 1. The minimum absolute atomic E-state index is 0.0789. The lowest BCUT2D eigenvalue weighted by molar-refractivity contribution is 0.0543. The van der Waals surface area contributed by atoms with E-state index in [0.29, 0.717) is 11.6 Å². The van der Waals surface area contributed by atoms with Crippen LogP contribution in [0.1, 0.15) is 19.3 Å². The lowest BCUT2D eigenvalue weighted by Crippen LogP contribution is -2.34. The lowest BCUT2D eigenvalue weighted by atomic mass is 10.3. The van der Waals surface area contributed by atoms with Crippen LogP contribution in [-0.4, -0.2) is 36.7 Å². The SMILES string of the molecule is O=C(Nc1cccc(Cl)c1)N1CCC(OCC2CC2)C1. The van der Waals surface area contributed by atoms with Crippen LogP contribution in [0.4, 0.5) is 10.5 Å². The molecule has 1 heterocycles. The molecule has 1 N–H and O–H groups in total. The van der Waals surface area contributed by atoms with Crippen LogP contribution < -0.4 is 5.32 Å². The predicted molar refractivity (Wildman–Crippen MR) is 79.1 cm³/mol. The van der Waals surface area contributed by atoms with Gasteiger partial charge in [0, 0.05) is 30.4 Å². The summed E-state index contributed by atoms with van der Waals surface area (Å²) in [4.78, 5) is 13.9. The summed E-state index contributed by atoms with van der Waals surface area (Å²) in [5.41, 5.74) is 0.727. The third-order valence-corrected chi connectivity index (χ3v) is 4.01. The molecule has 3 rings (SSSR count). The molecule has 4 nitrogen and oxygen atoms in total. The summed E-state index contributed by atoms with van der Waals surface area (Å²) in [7, 11) is 0. The molecule has 0 bridgehead atoms. The Bertz CT molecular complexity index is 491. The van der Waals surface area contributed by atoms with Gasteiger partial charge in [0.1, 0.15) is 0 Å². The Morgan fingerprint density at radius 1 is 1.40 bits per heavy atom. The summed E-state index contributed by atoms with van der Waals surface area (Å²) in [5.74, 6) is 0.768. The number of nitrogens with zero attached hydrogens (tertiary/aromatic N) is 1. The van der Waals surface area contributed by atoms with E-state index in [1.807, 2.05) is 12.1 Å². The number of carbonyl (C=O) groups is 1. The summed E-state index contributed by atoms with van der Waals surface area (Å²) in [6.07, 6.45) is 3.72. The van der Waals surface area contributed by atoms with Crippen LogP contribution in [-0.2, 0) is 4.74 Å². The number of hydrogen-bond donors (Lipinski definition) is 1. The summed E-state index contributed by atoms with van der Waals surface area (Å²) in [5, 5.41) is 3.49. The van der Waals surface area contributed by atoms with Gasteiger partial charge in [0.2, 0.25) is 0 Å². The molecule has 2 fully saturated rings. The quantitative estimate of drug-likeness (QED) is 0.925. The molecule has 1 aliphatic carbocycles. The van der Waals surface area contributed by atoms with Crippen LogP contribution >= 0.6 is 11.6 Å². The van der Waals surface area contributed by atoms with E-state index < -0.39 is 0 Å². The van der Waals surface area contributed by atoms with E-state index in [1.54, 1.807) is 17.0 Å². The highest BCUT2D eigenvalue weighted by Gasteiger charge is 2.29. The zero-order chi connectivity index (χ0) is 13.9. The van der Waals surface area contributed by atoms with E-state index in [1.165, 1.54) is 12.8 Å². The molecule has 1 atom stereocenters. The molecule has 1 aromatic rings. The maximum atomic E-state index is 12.1. The van der Waals surface area contributed by atoms with Crippen molar-refractivity contribution in [3.05, 3.63) is 29.3 Å². The number of ether oxygens (including phenoxy) is 1. The number of halogens is 1. The van der Waals surface area contributed by atoms with Gasteiger partial charge in [0.25, 0.3) is 0 Å². The average Bonchev–Trinajstić information content (AvgIpc) is 3.13. The van der Waals surface area contributed by atoms with Gasteiger partial charge in [-0.1, -0.05) is 17.7 Å². The van der Waals surface area contributed by atoms with Gasteiger partial charge in [0.05, 0.1) is 6.10 Å². The Morgan fingerprint density at radius 3 is 3.00 bits per heavy atom. The van der Waals surface area contributed by atoms with E-state index in [4.69, 9.17) is 16.3 Å². The minimum atomic E-state index is -0.0789. The number of rotatable bonds is 4. The van der Waals surface area contributed by atoms with Gasteiger partial charge in [-0.2, -0.15) is 0 Å². The molecule has 1 aliphatic heterocycles. The number of nitrogens with one attached hydrogen (secondary N) is 1. The van der Waals surface area contributed by atoms with Crippen LogP contribution in [0.15, 0.2) is 24.3 Å². The first-order valence-corrected chi connectivity index (χ1v) is 7.51. The predicted octanol–water partition coefficient (Wildman–Crippen LogP) is 3.37. The number of benzene rings is 1. The largest absolute Gasteiger partial charge is 0.376 e. The van der Waals surface area contributed by atoms with Gasteiger partial charge in [0.15, 0.2) is 0 Å². The molecule has 0 spiro atoms. The van der Waals surface area contributed by atoms with Gasteiger partial charge in [-0.3, -0.25) is 0 Å². The molecule has 0 aromatic heterocycles. The van der Waals surface area contributed by atoms with Gasteiger partial charge < -0.3 is 15.0 Å². The van der Waals surface area contributed by atoms with Crippen LogP contribution in [0.5, 0.6) is 0 Å². The first-order chi connectivity index (χ1) is 9.70. The molecule has 2 aliphatic rings. The molecule has 1 unspecified atom stereocenters. The highest BCUT2D eigenvalue weighted by Crippen LogP contribution is 2.30. The van der Waals surface area contributed by atoms with Gasteiger partial charge in [-0.15, -0.1) is 0 Å². The first kappa shape index (κ1) is 13.7. The molecule has 2 amide bonds. The molecular weight excluding hydrogens is 276 g/mol. The second-order valence-corrected chi connectivity index (χ2v) is 6.01. The number of hydrogen-bond acceptors (Lipinski definition) is 2. The van der Waals surface area contributed by atoms with Crippen molar-refractivity contribution in [1.29, 1.82) is 0 Å². The Hall–Kier alpha value is -1.26. The van der Waals surface area contributed by atoms with E-state index >= 15 is 0 Å². The fourth-order valence-corrected chi connectivity index (χ4v) is 2.56. The second-order valence-electron chi connectivity index (χ2n) is 5.57. The molecule has 1 saturated heterocycles. The maximum absolute atomic E-state index is 12.1. The van der Waals surface area contributed by atoms with Crippen molar-refractivity contribution in [3.8, 4) is 0 Å². The van der Waals surface area contributed by atoms with Crippen LogP contribution in [0.25, 0.3) is 0 Å². The highest BCUT2D eigenvalue weighted by molar-refractivity contribution is 6.30. The standard InChI is InChI=1S/C15H19ClN2O2/c16-12-2-1-3-13(8-12)17-15(19)18-7-6-14(9-18)20-10-11-4-5-11/h1-3,8,11,14H,4-7,9-10H2,(H,17,19). The topological polar surface area (TPSA) is 41.6 Å². The second kappa shape index (κ2) is 6.02. The number of likely N-dealkylation sites (tertiary alicyclic amines) is 1. The van der Waals surface area contributed by atoms with Gasteiger partial charge in [-0.25, -0.2) is 4.79 Å². The van der Waals surface area contributed by atoms with Crippen LogP contribution in [0.3, 0.4) is 0 Å². The van der Waals surface area contributed by atoms with E-state index in [0.717, 1.165) is 31.2 Å². The molecule has 1 aromatic carbocycles. The van der Waals surface area contributed by atoms with Crippen molar-refractivity contribution in [3.63, 3.8) is 0 Å². The van der Waals surface area contributed by atoms with E-state index in [9.17, 15) is 4.79 Å². The summed E-state index contributed by atoms with van der Waals surface area (Å²) in [6, 6.07) is 7.11. The Balaban J connectivity index is 1.47. The van der Waals surface area contributed by atoms with Crippen molar-refractivity contribution in [2.75, 3.05) is 25.0 Å². The molecule has 1 saturated carbocycles. The molecule has 108 valence electrons. The van der Waals surface area contributed by atoms with E-state index in [2.05, 4.69) is 5.32 Å². The van der Waals surface area contributed by atoms with Crippen molar-refractivity contribution in [2.24, 2.45) is 5.92 Å². The number of anilines is 1. The van der Waals surface area contributed by atoms with Crippen molar-refractivity contribution < 1.29 is 9.53 Å². The van der Waals surface area contributed by atoms with Crippen LogP contribution in [0, 0.1) is 5.92 Å². The third kappa shape index (κ3) is 3.64. The molecule has 0 radical (unpaired) electrons. The molecule has 5 heteroatoms. The van der Waals surface area contributed by atoms with Crippen molar-refractivity contribution in [1.82, 2.24) is 4.90 Å². The zero-order valence-corrected chi connectivity index (χ0v) is 12.1. The fourth-order valence-electron chi connectivity index (χ4n) is 2.37. The fraction of sp³-hybridized carbons (Fsp3) is 0.533. The number of urea groups is 1. The Morgan fingerprint density at radius 2 is 2.25 bits per heavy atom. The summed E-state index contributed by atoms with van der Waals surface area (Å²) in [6.45, 7) is 2.29. The number of amides is 2. The van der Waals surface area contributed by atoms with Gasteiger partial charge >= 0.3 is 6.03 Å². The molecule has 20 heavy (non-hydrogen) atoms. The summed E-state index contributed by atoms with van der Waals surface area (Å²) >= 11 is 5.90.